The second-order valence-electron chi connectivity index (χ2n) is 4.22. The standard InChI is InChI=1S/C10H16N4O2/c1-14-8(11)6-7(13-14)10(9(15)16)2-4-12-5-3-10/h6,12H,2-5,11H2,1H3,(H,15,16). The molecule has 1 aromatic heterocycles. The van der Waals surface area contributed by atoms with Gasteiger partial charge in [-0.1, -0.05) is 0 Å². The van der Waals surface area contributed by atoms with E-state index in [0.717, 1.165) is 0 Å². The highest BCUT2D eigenvalue weighted by Gasteiger charge is 2.43. The number of nitrogens with two attached hydrogens (primary N) is 1. The molecule has 1 saturated heterocycles. The maximum atomic E-state index is 11.5. The number of piperidine rings is 1. The number of carboxylic acid groups (broad SMARTS) is 1. The monoisotopic (exact) mass is 224 g/mol. The molecule has 1 aromatic rings. The second kappa shape index (κ2) is 3.79. The summed E-state index contributed by atoms with van der Waals surface area (Å²) in [6.45, 7) is 1.39. The summed E-state index contributed by atoms with van der Waals surface area (Å²) >= 11 is 0. The number of aliphatic carboxylic acids is 1. The van der Waals surface area contributed by atoms with Crippen molar-refractivity contribution in [2.24, 2.45) is 7.05 Å². The van der Waals surface area contributed by atoms with E-state index in [-0.39, 0.29) is 0 Å². The van der Waals surface area contributed by atoms with Gasteiger partial charge in [0, 0.05) is 13.1 Å². The number of hydrogen-bond acceptors (Lipinski definition) is 4. The van der Waals surface area contributed by atoms with Crippen molar-refractivity contribution in [3.05, 3.63) is 11.8 Å². The van der Waals surface area contributed by atoms with E-state index in [0.29, 0.717) is 37.4 Å². The normalized spacial score (nSPS) is 19.6. The molecule has 0 unspecified atom stereocenters. The van der Waals surface area contributed by atoms with Crippen LogP contribution in [0.2, 0.25) is 0 Å². The van der Waals surface area contributed by atoms with Gasteiger partial charge in [-0.25, -0.2) is 0 Å². The first-order valence-electron chi connectivity index (χ1n) is 5.30. The van der Waals surface area contributed by atoms with Crippen LogP contribution in [-0.2, 0) is 17.3 Å². The number of aromatic nitrogens is 2. The van der Waals surface area contributed by atoms with E-state index in [9.17, 15) is 9.90 Å². The van der Waals surface area contributed by atoms with Crippen LogP contribution in [0.15, 0.2) is 6.07 Å². The number of aryl methyl sites for hydroxylation is 1. The van der Waals surface area contributed by atoms with Crippen LogP contribution in [0.3, 0.4) is 0 Å². The summed E-state index contributed by atoms with van der Waals surface area (Å²) < 4.78 is 1.52. The minimum Gasteiger partial charge on any atom is -0.481 e. The first-order chi connectivity index (χ1) is 7.56. The molecule has 1 aliphatic heterocycles. The van der Waals surface area contributed by atoms with Crippen LogP contribution >= 0.6 is 0 Å². The van der Waals surface area contributed by atoms with Crippen LogP contribution < -0.4 is 11.1 Å². The fourth-order valence-corrected chi connectivity index (χ4v) is 2.15. The number of nitrogens with zero attached hydrogens (tertiary/aromatic N) is 2. The van der Waals surface area contributed by atoms with E-state index in [4.69, 9.17) is 5.73 Å². The molecule has 0 spiro atoms. The van der Waals surface area contributed by atoms with Crippen molar-refractivity contribution < 1.29 is 9.90 Å². The molecule has 2 rings (SSSR count). The highest BCUT2D eigenvalue weighted by molar-refractivity contribution is 5.81. The third-order valence-electron chi connectivity index (χ3n) is 3.27. The molecule has 6 nitrogen and oxygen atoms in total. The maximum absolute atomic E-state index is 11.5. The Kier molecular flexibility index (Phi) is 2.59. The summed E-state index contributed by atoms with van der Waals surface area (Å²) in [6, 6.07) is 1.67. The minimum atomic E-state index is -0.874. The van der Waals surface area contributed by atoms with E-state index < -0.39 is 11.4 Å². The van der Waals surface area contributed by atoms with Crippen LogP contribution in [0, 0.1) is 0 Å². The second-order valence-corrected chi connectivity index (χ2v) is 4.22. The van der Waals surface area contributed by atoms with Gasteiger partial charge in [0.2, 0.25) is 0 Å². The molecule has 16 heavy (non-hydrogen) atoms. The predicted molar refractivity (Wildman–Crippen MR) is 59.0 cm³/mol. The van der Waals surface area contributed by atoms with Gasteiger partial charge in [0.1, 0.15) is 11.2 Å². The van der Waals surface area contributed by atoms with Crippen molar-refractivity contribution in [3.8, 4) is 0 Å². The molecular formula is C10H16N4O2. The van der Waals surface area contributed by atoms with Crippen LogP contribution in [0.25, 0.3) is 0 Å². The highest BCUT2D eigenvalue weighted by Crippen LogP contribution is 2.33. The summed E-state index contributed by atoms with van der Waals surface area (Å²) in [5, 5.41) is 16.8. The zero-order valence-electron chi connectivity index (χ0n) is 9.23. The minimum absolute atomic E-state index is 0.495. The van der Waals surface area contributed by atoms with E-state index in [1.807, 2.05) is 0 Å². The molecule has 0 amide bonds. The van der Waals surface area contributed by atoms with Crippen molar-refractivity contribution in [1.29, 1.82) is 0 Å². The highest BCUT2D eigenvalue weighted by atomic mass is 16.4. The molecular weight excluding hydrogens is 208 g/mol. The molecule has 6 heteroatoms. The first kappa shape index (κ1) is 10.9. The number of nitrogen functional groups attached to an aromatic ring is 1. The maximum Gasteiger partial charge on any atom is 0.315 e. The Labute approximate surface area is 93.4 Å². The number of anilines is 1. The summed E-state index contributed by atoms with van der Waals surface area (Å²) in [5.74, 6) is -0.318. The molecule has 0 radical (unpaired) electrons. The summed E-state index contributed by atoms with van der Waals surface area (Å²) in [4.78, 5) is 11.5. The fourth-order valence-electron chi connectivity index (χ4n) is 2.15. The Morgan fingerprint density at radius 2 is 2.25 bits per heavy atom. The molecule has 0 saturated carbocycles. The van der Waals surface area contributed by atoms with Crippen molar-refractivity contribution in [3.63, 3.8) is 0 Å². The van der Waals surface area contributed by atoms with Crippen LogP contribution in [0.5, 0.6) is 0 Å². The van der Waals surface area contributed by atoms with Gasteiger partial charge in [0.05, 0.1) is 5.69 Å². The third-order valence-corrected chi connectivity index (χ3v) is 3.27. The van der Waals surface area contributed by atoms with E-state index in [1.165, 1.54) is 4.68 Å². The lowest BCUT2D eigenvalue weighted by Gasteiger charge is -2.31. The molecule has 0 aromatic carbocycles. The molecule has 4 N–H and O–H groups in total. The van der Waals surface area contributed by atoms with E-state index >= 15 is 0 Å². The Balaban J connectivity index is 2.42. The molecule has 0 atom stereocenters. The lowest BCUT2D eigenvalue weighted by molar-refractivity contribution is -0.145. The van der Waals surface area contributed by atoms with E-state index in [2.05, 4.69) is 10.4 Å². The van der Waals surface area contributed by atoms with Gasteiger partial charge < -0.3 is 16.2 Å². The Morgan fingerprint density at radius 3 is 2.69 bits per heavy atom. The number of carbonyl (C=O) groups is 1. The average molecular weight is 224 g/mol. The number of hydrogen-bond donors (Lipinski definition) is 3. The summed E-state index contributed by atoms with van der Waals surface area (Å²) in [6.07, 6.45) is 1.11. The van der Waals surface area contributed by atoms with Crippen molar-refractivity contribution >= 4 is 11.8 Å². The van der Waals surface area contributed by atoms with Crippen molar-refractivity contribution in [2.75, 3.05) is 18.8 Å². The van der Waals surface area contributed by atoms with Gasteiger partial charge in [-0.2, -0.15) is 5.10 Å². The molecule has 1 fully saturated rings. The molecule has 0 aliphatic carbocycles. The van der Waals surface area contributed by atoms with Crippen LogP contribution in [0.4, 0.5) is 5.82 Å². The number of nitrogens with one attached hydrogen (secondary N) is 1. The molecule has 0 bridgehead atoms. The summed E-state index contributed by atoms with van der Waals surface area (Å²) in [7, 11) is 1.72. The quantitative estimate of drug-likeness (QED) is 0.641. The smallest absolute Gasteiger partial charge is 0.315 e. The molecule has 88 valence electrons. The predicted octanol–water partition coefficient (Wildman–Crippen LogP) is -0.292. The topological polar surface area (TPSA) is 93.2 Å². The SMILES string of the molecule is Cn1nc(C2(C(=O)O)CCNCC2)cc1N. The molecule has 1 aliphatic rings. The van der Waals surface area contributed by atoms with Gasteiger partial charge in [-0.3, -0.25) is 9.48 Å². The van der Waals surface area contributed by atoms with Gasteiger partial charge in [0.25, 0.3) is 0 Å². The van der Waals surface area contributed by atoms with Gasteiger partial charge >= 0.3 is 5.97 Å². The van der Waals surface area contributed by atoms with Crippen LogP contribution in [0.1, 0.15) is 18.5 Å². The van der Waals surface area contributed by atoms with Crippen LogP contribution in [-0.4, -0.2) is 33.9 Å². The van der Waals surface area contributed by atoms with E-state index in [1.54, 1.807) is 13.1 Å². The average Bonchev–Trinajstić information content (AvgIpc) is 2.60. The number of rotatable bonds is 2. The zero-order chi connectivity index (χ0) is 11.8. The third kappa shape index (κ3) is 1.55. The number of carboxylic acids is 1. The fraction of sp³-hybridized carbons (Fsp3) is 0.600. The van der Waals surface area contributed by atoms with Crippen molar-refractivity contribution in [2.45, 2.75) is 18.3 Å². The Bertz CT molecular complexity index is 387. The summed E-state index contributed by atoms with van der Waals surface area (Å²) in [5.41, 5.74) is 5.39. The molecule has 2 heterocycles. The largest absolute Gasteiger partial charge is 0.481 e. The first-order valence-corrected chi connectivity index (χ1v) is 5.30. The Morgan fingerprint density at radius 1 is 1.62 bits per heavy atom. The Hall–Kier alpha value is -1.56. The lowest BCUT2D eigenvalue weighted by Crippen LogP contribution is -2.45. The zero-order valence-corrected chi connectivity index (χ0v) is 9.23. The van der Waals surface area contributed by atoms with Crippen molar-refractivity contribution in [1.82, 2.24) is 15.1 Å². The lowest BCUT2D eigenvalue weighted by atomic mass is 9.76. The van der Waals surface area contributed by atoms with Gasteiger partial charge in [-0.05, 0) is 25.9 Å². The van der Waals surface area contributed by atoms with Gasteiger partial charge in [0.15, 0.2) is 0 Å². The van der Waals surface area contributed by atoms with Gasteiger partial charge in [-0.15, -0.1) is 0 Å².